The fourth-order valence-corrected chi connectivity index (χ4v) is 11.2. The van der Waals surface area contributed by atoms with Crippen LogP contribution in [-0.4, -0.2) is 96.2 Å². The van der Waals surface area contributed by atoms with Crippen LogP contribution < -0.4 is 15.0 Å². The highest BCUT2D eigenvalue weighted by Gasteiger charge is 2.82. The standard InChI is InChI=1S/C35H41BrN4O6/c1-5-33-21-12-19(21)17-40-11-10-34(29(33)40)22-14-23(36)27(45-3)15-26(22)39(2)30(34)35(44,31(33)42)32(43)38-25(28(41)46-4)13-18-16-37-24-9-7-6-8-20(18)24/h6-9,14-16,19,21,25,29-31,37,42,44H,5,10-13,17H2,1-4H3,(H,38,43)/t19?,21?,25-,29+,30-,31+,33-,34-,35-/m0/s1. The van der Waals surface area contributed by atoms with Gasteiger partial charge in [0.25, 0.3) is 5.91 Å². The summed E-state index contributed by atoms with van der Waals surface area (Å²) in [5.41, 5.74) is 0.0795. The van der Waals surface area contributed by atoms with Crippen molar-refractivity contribution < 1.29 is 29.3 Å². The van der Waals surface area contributed by atoms with E-state index in [1.54, 1.807) is 7.11 Å². The van der Waals surface area contributed by atoms with Crippen molar-refractivity contribution >= 4 is 44.4 Å². The molecule has 1 aromatic heterocycles. The second kappa shape index (κ2) is 10.2. The summed E-state index contributed by atoms with van der Waals surface area (Å²) in [7, 11) is 4.81. The molecule has 9 atom stereocenters. The molecule has 1 amide bonds. The second-order valence-electron chi connectivity index (χ2n) is 14.1. The maximum absolute atomic E-state index is 14.9. The summed E-state index contributed by atoms with van der Waals surface area (Å²) < 4.78 is 11.7. The van der Waals surface area contributed by atoms with Gasteiger partial charge in [-0.15, -0.1) is 0 Å². The zero-order valence-corrected chi connectivity index (χ0v) is 28.1. The number of aliphatic hydroxyl groups is 2. The average molecular weight is 694 g/mol. The van der Waals surface area contributed by atoms with Gasteiger partial charge in [-0.2, -0.15) is 0 Å². The summed E-state index contributed by atoms with van der Waals surface area (Å²) >= 11 is 3.72. The normalized spacial score (nSPS) is 36.0. The van der Waals surface area contributed by atoms with Gasteiger partial charge >= 0.3 is 5.97 Å². The van der Waals surface area contributed by atoms with Crippen molar-refractivity contribution in [3.63, 3.8) is 0 Å². The van der Waals surface area contributed by atoms with E-state index in [0.717, 1.165) is 58.1 Å². The van der Waals surface area contributed by atoms with Gasteiger partial charge in [0.05, 0.1) is 24.7 Å². The van der Waals surface area contributed by atoms with Gasteiger partial charge in [-0.05, 0) is 76.8 Å². The lowest BCUT2D eigenvalue weighted by Gasteiger charge is -2.65. The van der Waals surface area contributed by atoms with Crippen molar-refractivity contribution in [1.82, 2.24) is 15.2 Å². The topological polar surface area (TPSA) is 127 Å². The summed E-state index contributed by atoms with van der Waals surface area (Å²) in [5, 5.41) is 29.7. The van der Waals surface area contributed by atoms with Crippen LogP contribution in [0.25, 0.3) is 10.9 Å². The highest BCUT2D eigenvalue weighted by molar-refractivity contribution is 9.10. The molecular weight excluding hydrogens is 652 g/mol. The third-order valence-electron chi connectivity index (χ3n) is 12.5. The molecule has 2 unspecified atom stereocenters. The molecule has 8 rings (SSSR count). The van der Waals surface area contributed by atoms with Gasteiger partial charge in [-0.1, -0.05) is 25.1 Å². The first-order valence-electron chi connectivity index (χ1n) is 16.3. The van der Waals surface area contributed by atoms with Gasteiger partial charge in [0.15, 0.2) is 5.60 Å². The quantitative estimate of drug-likeness (QED) is 0.279. The van der Waals surface area contributed by atoms with E-state index in [1.165, 1.54) is 7.11 Å². The third-order valence-corrected chi connectivity index (χ3v) is 13.1. The van der Waals surface area contributed by atoms with Crippen molar-refractivity contribution in [1.29, 1.82) is 0 Å². The minimum absolute atomic E-state index is 0.0616. The van der Waals surface area contributed by atoms with E-state index in [4.69, 9.17) is 9.47 Å². The molecule has 1 spiro atoms. The number of likely N-dealkylation sites (N-methyl/N-ethyl adjacent to an activating group) is 1. The Bertz CT molecular complexity index is 1760. The van der Waals surface area contributed by atoms with Gasteiger partial charge in [0.2, 0.25) is 0 Å². The first kappa shape index (κ1) is 30.2. The Labute approximate surface area is 276 Å². The van der Waals surface area contributed by atoms with Crippen molar-refractivity contribution in [3.05, 3.63) is 58.2 Å². The minimum atomic E-state index is -2.24. The SMILES string of the molecule is CC[C@@]12C3CC3CN3CC[C@]4(c5cc(Br)c(OC)cc5N(C)[C@@H]4[C@@](O)(C(=O)N[C@@H](Cc4c[nH]c5ccccc45)C(=O)OC)[C@@H]1O)[C@H]32. The molecule has 3 aliphatic heterocycles. The third kappa shape index (κ3) is 3.63. The van der Waals surface area contributed by atoms with E-state index in [2.05, 4.69) is 44.1 Å². The maximum Gasteiger partial charge on any atom is 0.328 e. The van der Waals surface area contributed by atoms with E-state index in [0.29, 0.717) is 18.1 Å². The number of hydrogen-bond donors (Lipinski definition) is 4. The number of para-hydroxylation sites is 1. The van der Waals surface area contributed by atoms with Gasteiger partial charge in [0.1, 0.15) is 17.9 Å². The molecule has 2 aliphatic carbocycles. The maximum atomic E-state index is 14.9. The number of esters is 1. The number of nitrogens with zero attached hydrogens (tertiary/aromatic N) is 2. The van der Waals surface area contributed by atoms with Crippen LogP contribution in [-0.2, 0) is 26.2 Å². The highest BCUT2D eigenvalue weighted by atomic mass is 79.9. The van der Waals surface area contributed by atoms with E-state index in [1.807, 2.05) is 48.5 Å². The number of benzene rings is 2. The highest BCUT2D eigenvalue weighted by Crippen LogP contribution is 2.73. The smallest absolute Gasteiger partial charge is 0.328 e. The average Bonchev–Trinajstić information content (AvgIpc) is 3.49. The van der Waals surface area contributed by atoms with Crippen molar-refractivity contribution in [3.8, 4) is 5.75 Å². The number of anilines is 1. The van der Waals surface area contributed by atoms with Crippen molar-refractivity contribution in [2.24, 2.45) is 17.3 Å². The lowest BCUT2D eigenvalue weighted by Crippen LogP contribution is -2.83. The number of rotatable bonds is 7. The minimum Gasteiger partial charge on any atom is -0.495 e. The molecule has 0 bridgehead atoms. The van der Waals surface area contributed by atoms with Crippen LogP contribution in [0.2, 0.25) is 0 Å². The summed E-state index contributed by atoms with van der Waals surface area (Å²) in [6.45, 7) is 3.87. The fraction of sp³-hybridized carbons (Fsp3) is 0.543. The predicted octanol–water partition coefficient (Wildman–Crippen LogP) is 3.12. The van der Waals surface area contributed by atoms with Crippen LogP contribution in [0.5, 0.6) is 5.75 Å². The number of aliphatic hydroxyl groups excluding tert-OH is 1. The number of H-pyrrole nitrogens is 1. The Hall–Kier alpha value is -3.12. The summed E-state index contributed by atoms with van der Waals surface area (Å²) in [6, 6.07) is 9.89. The predicted molar refractivity (Wildman–Crippen MR) is 176 cm³/mol. The van der Waals surface area contributed by atoms with Crippen LogP contribution in [0.3, 0.4) is 0 Å². The zero-order chi connectivity index (χ0) is 32.3. The van der Waals surface area contributed by atoms with E-state index in [9.17, 15) is 19.8 Å². The van der Waals surface area contributed by atoms with E-state index in [-0.39, 0.29) is 18.4 Å². The van der Waals surface area contributed by atoms with Gasteiger partial charge in [0, 0.05) is 65.7 Å². The molecule has 4 N–H and O–H groups in total. The number of hydrogen-bond acceptors (Lipinski definition) is 8. The van der Waals surface area contributed by atoms with E-state index < -0.39 is 46.5 Å². The van der Waals surface area contributed by atoms with Crippen LogP contribution >= 0.6 is 15.9 Å². The van der Waals surface area contributed by atoms with Crippen LogP contribution in [0.4, 0.5) is 5.69 Å². The number of methoxy groups -OCH3 is 2. The molecule has 4 heterocycles. The number of nitrogens with one attached hydrogen (secondary N) is 2. The lowest BCUT2D eigenvalue weighted by molar-refractivity contribution is -0.226. The van der Waals surface area contributed by atoms with Crippen molar-refractivity contribution in [2.75, 3.05) is 39.3 Å². The second-order valence-corrected chi connectivity index (χ2v) is 15.0. The number of halogens is 1. The molecule has 10 nitrogen and oxygen atoms in total. The Kier molecular flexibility index (Phi) is 6.70. The zero-order valence-electron chi connectivity index (χ0n) is 26.5. The Morgan fingerprint density at radius 3 is 2.74 bits per heavy atom. The van der Waals surface area contributed by atoms with Crippen LogP contribution in [0.15, 0.2) is 47.1 Å². The number of carbonyl (C=O) groups excluding carboxylic acids is 2. The molecule has 244 valence electrons. The monoisotopic (exact) mass is 692 g/mol. The molecule has 46 heavy (non-hydrogen) atoms. The first-order chi connectivity index (χ1) is 22.1. The molecule has 2 saturated heterocycles. The number of fused-ring (bicyclic) bond motifs is 4. The summed E-state index contributed by atoms with van der Waals surface area (Å²) in [5.74, 6) is -0.0913. The Morgan fingerprint density at radius 2 is 2.00 bits per heavy atom. The lowest BCUT2D eigenvalue weighted by atomic mass is 9.46. The number of aromatic nitrogens is 1. The molecule has 2 aromatic carbocycles. The Morgan fingerprint density at radius 1 is 1.22 bits per heavy atom. The van der Waals surface area contributed by atoms with Gasteiger partial charge < -0.3 is 34.9 Å². The number of piperidine rings is 1. The molecular formula is C35H41BrN4O6. The summed E-state index contributed by atoms with van der Waals surface area (Å²) in [6.07, 6.45) is 2.95. The van der Waals surface area contributed by atoms with Crippen LogP contribution in [0.1, 0.15) is 37.3 Å². The van der Waals surface area contributed by atoms with Crippen molar-refractivity contribution in [2.45, 2.75) is 67.9 Å². The molecule has 3 aromatic rings. The van der Waals surface area contributed by atoms with Gasteiger partial charge in [-0.3, -0.25) is 9.69 Å². The van der Waals surface area contributed by atoms with Crippen LogP contribution in [0, 0.1) is 17.3 Å². The largest absolute Gasteiger partial charge is 0.495 e. The molecule has 2 saturated carbocycles. The number of ether oxygens (including phenoxy) is 2. The first-order valence-corrected chi connectivity index (χ1v) is 17.1. The molecule has 4 fully saturated rings. The molecule has 5 aliphatic rings. The molecule has 0 radical (unpaired) electrons. The number of aromatic amines is 1. The Balaban J connectivity index is 1.27. The molecule has 11 heteroatoms. The summed E-state index contributed by atoms with van der Waals surface area (Å²) in [4.78, 5) is 35.9. The number of carbonyl (C=O) groups is 2. The van der Waals surface area contributed by atoms with Gasteiger partial charge in [-0.25, -0.2) is 4.79 Å². The van der Waals surface area contributed by atoms with E-state index >= 15 is 0 Å². The number of amides is 1. The fourth-order valence-electron chi connectivity index (χ4n) is 10.7.